The molecule has 2 N–H and O–H groups in total. The van der Waals surface area contributed by atoms with E-state index in [2.05, 4.69) is 15.0 Å². The second-order valence-corrected chi connectivity index (χ2v) is 13.3. The molecule has 2 aromatic carbocycles. The van der Waals surface area contributed by atoms with Crippen molar-refractivity contribution < 1.29 is 23.2 Å². The summed E-state index contributed by atoms with van der Waals surface area (Å²) in [6.07, 6.45) is 2.98. The number of carbonyl (C=O) groups is 1. The Morgan fingerprint density at radius 1 is 1.22 bits per heavy atom. The minimum Gasteiger partial charge on any atom is -0.598 e. The van der Waals surface area contributed by atoms with Crippen LogP contribution in [0, 0.1) is 5.82 Å². The molecule has 1 amide bonds. The van der Waals surface area contributed by atoms with Gasteiger partial charge >= 0.3 is 0 Å². The van der Waals surface area contributed by atoms with Crippen molar-refractivity contribution in [3.63, 3.8) is 0 Å². The molecule has 5 rings (SSSR count). The van der Waals surface area contributed by atoms with Crippen LogP contribution in [-0.2, 0) is 21.6 Å². The van der Waals surface area contributed by atoms with Gasteiger partial charge in [-0.3, -0.25) is 4.79 Å². The van der Waals surface area contributed by atoms with E-state index >= 15 is 0 Å². The summed E-state index contributed by atoms with van der Waals surface area (Å²) in [6, 6.07) is 9.18. The van der Waals surface area contributed by atoms with Crippen molar-refractivity contribution in [2.45, 2.75) is 49.8 Å². The molecular formula is C25H25ClFN3O4S2. The first-order chi connectivity index (χ1) is 17.1. The zero-order valence-corrected chi connectivity index (χ0v) is 22.3. The van der Waals surface area contributed by atoms with E-state index in [9.17, 15) is 13.7 Å². The lowest BCUT2D eigenvalue weighted by Gasteiger charge is -2.27. The molecule has 2 heterocycles. The Kier molecular flexibility index (Phi) is 6.67. The molecule has 2 aliphatic rings. The Morgan fingerprint density at radius 3 is 2.67 bits per heavy atom. The van der Waals surface area contributed by atoms with E-state index in [-0.39, 0.29) is 23.3 Å². The Balaban J connectivity index is 1.38. The number of hydrogen-bond donors (Lipinski definition) is 2. The third-order valence-corrected chi connectivity index (χ3v) is 8.97. The maximum atomic E-state index is 14.9. The van der Waals surface area contributed by atoms with Gasteiger partial charge in [-0.1, -0.05) is 35.1 Å². The molecule has 0 spiro atoms. The van der Waals surface area contributed by atoms with E-state index in [1.54, 1.807) is 18.3 Å². The molecule has 1 aromatic heterocycles. The Bertz CT molecular complexity index is 1310. The van der Waals surface area contributed by atoms with Crippen LogP contribution >= 0.6 is 22.9 Å². The number of thiazole rings is 1. The van der Waals surface area contributed by atoms with Gasteiger partial charge in [-0.25, -0.2) is 9.37 Å². The molecule has 1 aliphatic carbocycles. The number of ether oxygens (including phenoxy) is 2. The largest absolute Gasteiger partial charge is 0.598 e. The summed E-state index contributed by atoms with van der Waals surface area (Å²) in [7, 11) is 0. The quantitative estimate of drug-likeness (QED) is 0.379. The van der Waals surface area contributed by atoms with Gasteiger partial charge in [0, 0.05) is 28.1 Å². The minimum absolute atomic E-state index is 0.164. The van der Waals surface area contributed by atoms with Crippen molar-refractivity contribution >= 4 is 45.3 Å². The number of anilines is 1. The van der Waals surface area contributed by atoms with Crippen LogP contribution < -0.4 is 19.5 Å². The van der Waals surface area contributed by atoms with Crippen LogP contribution in [0.15, 0.2) is 42.6 Å². The van der Waals surface area contributed by atoms with Gasteiger partial charge in [-0.2, -0.15) is 0 Å². The third kappa shape index (κ3) is 4.92. The summed E-state index contributed by atoms with van der Waals surface area (Å²) in [4.78, 5) is 18.3. The van der Waals surface area contributed by atoms with Gasteiger partial charge in [-0.15, -0.1) is 4.72 Å². The van der Waals surface area contributed by atoms with E-state index < -0.39 is 33.4 Å². The lowest BCUT2D eigenvalue weighted by molar-refractivity contribution is -0.118. The van der Waals surface area contributed by atoms with Crippen molar-refractivity contribution in [2.24, 2.45) is 0 Å². The molecule has 3 aromatic rings. The average Bonchev–Trinajstić information content (AvgIpc) is 3.28. The van der Waals surface area contributed by atoms with Crippen LogP contribution in [0.1, 0.15) is 55.7 Å². The maximum absolute atomic E-state index is 14.9. The fourth-order valence-electron chi connectivity index (χ4n) is 3.95. The minimum atomic E-state index is -1.49. The number of carbonyl (C=O) groups excluding carboxylic acids is 1. The molecule has 11 heteroatoms. The monoisotopic (exact) mass is 549 g/mol. The summed E-state index contributed by atoms with van der Waals surface area (Å²) < 4.78 is 41.1. The molecule has 2 atom stereocenters. The number of halogens is 2. The smallest absolute Gasteiger partial charge is 0.236 e. The van der Waals surface area contributed by atoms with Crippen molar-refractivity contribution in [1.82, 2.24) is 9.71 Å². The van der Waals surface area contributed by atoms with E-state index in [0.717, 1.165) is 5.56 Å². The van der Waals surface area contributed by atoms with Crippen LogP contribution in [0.4, 0.5) is 9.52 Å². The number of hydrogen-bond acceptors (Lipinski definition) is 7. The second kappa shape index (κ2) is 9.50. The molecular weight excluding hydrogens is 525 g/mol. The number of benzene rings is 2. The first kappa shape index (κ1) is 25.3. The summed E-state index contributed by atoms with van der Waals surface area (Å²) in [5.41, 5.74) is 0.502. The van der Waals surface area contributed by atoms with Gasteiger partial charge in [0.1, 0.15) is 16.6 Å². The van der Waals surface area contributed by atoms with Gasteiger partial charge in [0.15, 0.2) is 16.6 Å². The highest BCUT2D eigenvalue weighted by molar-refractivity contribution is 7.90. The summed E-state index contributed by atoms with van der Waals surface area (Å²) in [5, 5.41) is 3.57. The first-order valence-electron chi connectivity index (χ1n) is 11.4. The number of nitrogens with zero attached hydrogens (tertiary/aromatic N) is 1. The SMILES string of the molecule is CC(C)(C)[S+]([O-])N[C@H](c1cnc(NC(=O)C2(c3ccc4c(c3)OCO4)CC2)s1)c1ccc(Cl)cc1F. The predicted molar refractivity (Wildman–Crippen MR) is 139 cm³/mol. The van der Waals surface area contributed by atoms with Crippen molar-refractivity contribution in [2.75, 3.05) is 12.1 Å². The number of rotatable bonds is 7. The maximum Gasteiger partial charge on any atom is 0.236 e. The Morgan fingerprint density at radius 2 is 1.97 bits per heavy atom. The molecule has 0 bridgehead atoms. The highest BCUT2D eigenvalue weighted by atomic mass is 35.5. The zero-order valence-electron chi connectivity index (χ0n) is 19.9. The van der Waals surface area contributed by atoms with E-state index in [1.165, 1.54) is 17.4 Å². The van der Waals surface area contributed by atoms with Gasteiger partial charge in [0.25, 0.3) is 0 Å². The topological polar surface area (TPSA) is 95.5 Å². The van der Waals surface area contributed by atoms with Crippen molar-refractivity contribution in [3.05, 3.63) is 69.4 Å². The van der Waals surface area contributed by atoms with Crippen LogP contribution in [0.25, 0.3) is 0 Å². The Labute approximate surface area is 220 Å². The van der Waals surface area contributed by atoms with Gasteiger partial charge < -0.3 is 19.3 Å². The van der Waals surface area contributed by atoms with Gasteiger partial charge in [-0.05, 0) is 63.4 Å². The van der Waals surface area contributed by atoms with Crippen LogP contribution in [0.3, 0.4) is 0 Å². The lowest BCUT2D eigenvalue weighted by Crippen LogP contribution is -2.41. The van der Waals surface area contributed by atoms with E-state index in [0.29, 0.717) is 34.3 Å². The highest BCUT2D eigenvalue weighted by Crippen LogP contribution is 2.51. The fourth-order valence-corrected chi connectivity index (χ4v) is 5.89. The van der Waals surface area contributed by atoms with E-state index in [4.69, 9.17) is 21.1 Å². The molecule has 1 fully saturated rings. The summed E-state index contributed by atoms with van der Waals surface area (Å²) in [6.45, 7) is 5.65. The first-order valence-corrected chi connectivity index (χ1v) is 13.7. The normalized spacial score (nSPS) is 17.5. The van der Waals surface area contributed by atoms with Crippen LogP contribution in [0.5, 0.6) is 11.5 Å². The van der Waals surface area contributed by atoms with Crippen molar-refractivity contribution in [1.29, 1.82) is 0 Å². The van der Waals surface area contributed by atoms with Crippen molar-refractivity contribution in [3.8, 4) is 11.5 Å². The number of nitrogens with one attached hydrogen (secondary N) is 2. The lowest BCUT2D eigenvalue weighted by atomic mass is 9.94. The predicted octanol–water partition coefficient (Wildman–Crippen LogP) is 5.48. The van der Waals surface area contributed by atoms with Crippen LogP contribution in [-0.4, -0.2) is 27.0 Å². The molecule has 1 saturated carbocycles. The van der Waals surface area contributed by atoms with Gasteiger partial charge in [0.2, 0.25) is 12.7 Å². The standard InChI is InChI=1S/C25H25ClFN3O4S2/c1-24(2,3)36(32)30-21(16-6-5-15(26)11-17(16)27)20-12-28-23(35-20)29-22(31)25(8-9-25)14-4-7-18-19(10-14)34-13-33-18/h4-7,10-12,21,30H,8-9,13H2,1-3H3,(H,28,29,31)/t21-,36?/m0/s1. The molecule has 7 nitrogen and oxygen atoms in total. The average molecular weight is 550 g/mol. The third-order valence-electron chi connectivity index (χ3n) is 6.19. The number of fused-ring (bicyclic) bond motifs is 1. The number of aromatic nitrogens is 1. The van der Waals surface area contributed by atoms with Gasteiger partial charge in [0.05, 0.1) is 10.3 Å². The fraction of sp³-hybridized carbons (Fsp3) is 0.360. The zero-order chi connectivity index (χ0) is 25.7. The summed E-state index contributed by atoms with van der Waals surface area (Å²) >= 11 is 5.66. The molecule has 190 valence electrons. The molecule has 36 heavy (non-hydrogen) atoms. The highest BCUT2D eigenvalue weighted by Gasteiger charge is 2.52. The molecule has 1 aliphatic heterocycles. The van der Waals surface area contributed by atoms with E-state index in [1.807, 2.05) is 39.0 Å². The van der Waals surface area contributed by atoms with Crippen LogP contribution in [0.2, 0.25) is 5.02 Å². The Hall–Kier alpha value is -2.37. The molecule has 0 radical (unpaired) electrons. The second-order valence-electron chi connectivity index (χ2n) is 9.77. The molecule has 1 unspecified atom stereocenters. The molecule has 0 saturated heterocycles. The number of amides is 1. The summed E-state index contributed by atoms with van der Waals surface area (Å²) in [5.74, 6) is 0.612.